The lowest BCUT2D eigenvalue weighted by Gasteiger charge is -2.17. The van der Waals surface area contributed by atoms with E-state index in [9.17, 15) is 9.50 Å². The maximum absolute atomic E-state index is 13.7. The number of aliphatic hydroxyl groups excluding tert-OH is 1. The largest absolute Gasteiger partial charge is 0.493 e. The van der Waals surface area contributed by atoms with E-state index in [1.165, 1.54) is 19.2 Å². The fourth-order valence-electron chi connectivity index (χ4n) is 1.44. The fraction of sp³-hybridized carbons (Fsp3) is 0.500. The van der Waals surface area contributed by atoms with E-state index in [1.54, 1.807) is 0 Å². The topological polar surface area (TPSA) is 64.7 Å². The smallest absolute Gasteiger partial charge is 0.164 e. The third kappa shape index (κ3) is 3.31. The summed E-state index contributed by atoms with van der Waals surface area (Å²) in [4.78, 5) is 0. The van der Waals surface area contributed by atoms with Crippen molar-refractivity contribution in [1.82, 2.24) is 0 Å². The molecule has 1 atom stereocenters. The molecular formula is C12H18FNO3. The zero-order valence-corrected chi connectivity index (χ0v) is 10.2. The third-order valence-electron chi connectivity index (χ3n) is 2.23. The van der Waals surface area contributed by atoms with Crippen LogP contribution in [-0.2, 0) is 0 Å². The number of ether oxygens (including phenoxy) is 2. The second kappa shape index (κ2) is 5.84. The Bertz CT molecular complexity index is 382. The number of hydrogen-bond donors (Lipinski definition) is 2. The zero-order valence-electron chi connectivity index (χ0n) is 10.2. The summed E-state index contributed by atoms with van der Waals surface area (Å²) in [6.45, 7) is 3.62. The number of benzene rings is 1. The van der Waals surface area contributed by atoms with Crippen molar-refractivity contribution in [3.8, 4) is 11.5 Å². The number of rotatable bonds is 5. The lowest BCUT2D eigenvalue weighted by atomic mass is 10.1. The molecule has 0 bridgehead atoms. The van der Waals surface area contributed by atoms with Crippen molar-refractivity contribution in [1.29, 1.82) is 0 Å². The molecule has 0 aliphatic carbocycles. The van der Waals surface area contributed by atoms with Crippen LogP contribution in [-0.4, -0.2) is 24.9 Å². The van der Waals surface area contributed by atoms with Crippen LogP contribution in [0, 0.1) is 5.82 Å². The van der Waals surface area contributed by atoms with Gasteiger partial charge in [0.25, 0.3) is 0 Å². The van der Waals surface area contributed by atoms with Crippen molar-refractivity contribution >= 4 is 0 Å². The number of methoxy groups -OCH3 is 1. The Morgan fingerprint density at radius 1 is 1.35 bits per heavy atom. The van der Waals surface area contributed by atoms with E-state index in [-0.39, 0.29) is 18.2 Å². The molecule has 0 spiro atoms. The highest BCUT2D eigenvalue weighted by Crippen LogP contribution is 2.33. The summed E-state index contributed by atoms with van der Waals surface area (Å²) in [6.07, 6.45) is -1.13. The second-order valence-corrected chi connectivity index (χ2v) is 3.94. The van der Waals surface area contributed by atoms with Crippen molar-refractivity contribution in [3.05, 3.63) is 23.5 Å². The minimum atomic E-state index is -1.04. The van der Waals surface area contributed by atoms with E-state index in [0.29, 0.717) is 11.5 Å². The lowest BCUT2D eigenvalue weighted by molar-refractivity contribution is 0.180. The van der Waals surface area contributed by atoms with Gasteiger partial charge in [-0.3, -0.25) is 0 Å². The molecule has 0 aliphatic heterocycles. The van der Waals surface area contributed by atoms with Gasteiger partial charge in [0, 0.05) is 18.2 Å². The minimum absolute atomic E-state index is 0.0511. The Morgan fingerprint density at radius 3 is 2.47 bits per heavy atom. The first-order chi connectivity index (χ1) is 7.99. The average molecular weight is 243 g/mol. The maximum Gasteiger partial charge on any atom is 0.164 e. The summed E-state index contributed by atoms with van der Waals surface area (Å²) in [5, 5.41) is 9.54. The molecule has 0 heterocycles. The quantitative estimate of drug-likeness (QED) is 0.824. The summed E-state index contributed by atoms with van der Waals surface area (Å²) in [5.74, 6) is 0.134. The first kappa shape index (κ1) is 13.7. The highest BCUT2D eigenvalue weighted by molar-refractivity contribution is 5.44. The molecule has 0 aliphatic rings. The van der Waals surface area contributed by atoms with Gasteiger partial charge in [0.1, 0.15) is 5.82 Å². The van der Waals surface area contributed by atoms with Gasteiger partial charge >= 0.3 is 0 Å². The predicted octanol–water partition coefficient (Wildman–Crippen LogP) is 1.61. The lowest BCUT2D eigenvalue weighted by Crippen LogP contribution is -2.14. The Labute approximate surface area is 100 Å². The van der Waals surface area contributed by atoms with Crippen LogP contribution in [0.15, 0.2) is 12.1 Å². The molecule has 0 amide bonds. The van der Waals surface area contributed by atoms with E-state index in [1.807, 2.05) is 13.8 Å². The maximum atomic E-state index is 13.7. The molecule has 0 saturated heterocycles. The fourth-order valence-corrected chi connectivity index (χ4v) is 1.44. The van der Waals surface area contributed by atoms with Crippen molar-refractivity contribution in [2.24, 2.45) is 5.73 Å². The van der Waals surface area contributed by atoms with Gasteiger partial charge in [-0.15, -0.1) is 0 Å². The van der Waals surface area contributed by atoms with Crippen LogP contribution in [0.2, 0.25) is 0 Å². The molecule has 0 saturated carbocycles. The van der Waals surface area contributed by atoms with Crippen LogP contribution < -0.4 is 15.2 Å². The Hall–Kier alpha value is -1.33. The molecule has 0 aromatic heterocycles. The van der Waals surface area contributed by atoms with Crippen LogP contribution in [0.4, 0.5) is 4.39 Å². The average Bonchev–Trinajstić information content (AvgIpc) is 2.27. The molecule has 1 rings (SSSR count). The van der Waals surface area contributed by atoms with E-state index in [2.05, 4.69) is 0 Å². The highest BCUT2D eigenvalue weighted by atomic mass is 19.1. The van der Waals surface area contributed by atoms with Gasteiger partial charge in [-0.25, -0.2) is 4.39 Å². The van der Waals surface area contributed by atoms with Gasteiger partial charge in [0.2, 0.25) is 0 Å². The number of halogens is 1. The normalized spacial score (nSPS) is 12.6. The van der Waals surface area contributed by atoms with Gasteiger partial charge in [-0.05, 0) is 19.9 Å². The Morgan fingerprint density at radius 2 is 2.00 bits per heavy atom. The molecule has 1 unspecified atom stereocenters. The van der Waals surface area contributed by atoms with Gasteiger partial charge in [-0.1, -0.05) is 0 Å². The molecule has 96 valence electrons. The standard InChI is InChI=1S/C12H18FNO3/c1-7(2)17-12-5-9(13)8(10(15)6-14)4-11(12)16-3/h4-5,7,10,15H,6,14H2,1-3H3. The third-order valence-corrected chi connectivity index (χ3v) is 2.23. The summed E-state index contributed by atoms with van der Waals surface area (Å²) in [6, 6.07) is 2.61. The first-order valence-electron chi connectivity index (χ1n) is 5.41. The number of aliphatic hydroxyl groups is 1. The molecule has 0 radical (unpaired) electrons. The molecule has 1 aromatic rings. The summed E-state index contributed by atoms with van der Waals surface area (Å²) in [7, 11) is 1.46. The van der Waals surface area contributed by atoms with Crippen molar-refractivity contribution in [3.63, 3.8) is 0 Å². The van der Waals surface area contributed by atoms with Crippen molar-refractivity contribution < 1.29 is 19.0 Å². The number of nitrogens with two attached hydrogens (primary N) is 1. The second-order valence-electron chi connectivity index (χ2n) is 3.94. The minimum Gasteiger partial charge on any atom is -0.493 e. The SMILES string of the molecule is COc1cc(C(O)CN)c(F)cc1OC(C)C. The van der Waals surface area contributed by atoms with Crippen molar-refractivity contribution in [2.75, 3.05) is 13.7 Å². The van der Waals surface area contributed by atoms with E-state index in [4.69, 9.17) is 15.2 Å². The highest BCUT2D eigenvalue weighted by Gasteiger charge is 2.17. The molecular weight excluding hydrogens is 225 g/mol. The molecule has 4 nitrogen and oxygen atoms in total. The van der Waals surface area contributed by atoms with Crippen LogP contribution in [0.25, 0.3) is 0 Å². The zero-order chi connectivity index (χ0) is 13.0. The molecule has 1 aromatic carbocycles. The molecule has 3 N–H and O–H groups in total. The monoisotopic (exact) mass is 243 g/mol. The summed E-state index contributed by atoms with van der Waals surface area (Å²) < 4.78 is 24.2. The van der Waals surface area contributed by atoms with Crippen LogP contribution in [0.5, 0.6) is 11.5 Å². The first-order valence-corrected chi connectivity index (χ1v) is 5.41. The van der Waals surface area contributed by atoms with Crippen LogP contribution >= 0.6 is 0 Å². The van der Waals surface area contributed by atoms with Crippen LogP contribution in [0.3, 0.4) is 0 Å². The predicted molar refractivity (Wildman–Crippen MR) is 62.7 cm³/mol. The Kier molecular flexibility index (Phi) is 4.72. The molecule has 17 heavy (non-hydrogen) atoms. The van der Waals surface area contributed by atoms with Gasteiger partial charge in [-0.2, -0.15) is 0 Å². The molecule has 5 heteroatoms. The van der Waals surface area contributed by atoms with E-state index in [0.717, 1.165) is 0 Å². The van der Waals surface area contributed by atoms with E-state index < -0.39 is 11.9 Å². The Balaban J connectivity index is 3.14. The molecule has 0 fully saturated rings. The van der Waals surface area contributed by atoms with Crippen LogP contribution in [0.1, 0.15) is 25.5 Å². The van der Waals surface area contributed by atoms with Gasteiger partial charge < -0.3 is 20.3 Å². The summed E-state index contributed by atoms with van der Waals surface area (Å²) >= 11 is 0. The van der Waals surface area contributed by atoms with Crippen molar-refractivity contribution in [2.45, 2.75) is 26.1 Å². The van der Waals surface area contributed by atoms with E-state index >= 15 is 0 Å². The number of hydrogen-bond acceptors (Lipinski definition) is 4. The van der Waals surface area contributed by atoms with Gasteiger partial charge in [0.05, 0.1) is 19.3 Å². The van der Waals surface area contributed by atoms with Gasteiger partial charge in [0.15, 0.2) is 11.5 Å². The summed E-state index contributed by atoms with van der Waals surface area (Å²) in [5.41, 5.74) is 5.41.